The van der Waals surface area contributed by atoms with Gasteiger partial charge in [0.1, 0.15) is 11.5 Å². The molecule has 5 nitrogen and oxygen atoms in total. The van der Waals surface area contributed by atoms with Crippen molar-refractivity contribution in [2.45, 2.75) is 25.4 Å². The Hall–Kier alpha value is -2.53. The van der Waals surface area contributed by atoms with E-state index in [1.165, 1.54) is 11.6 Å². The summed E-state index contributed by atoms with van der Waals surface area (Å²) < 4.78 is 5.23. The molecule has 1 N–H and O–H groups in total. The number of phenols is 1. The lowest BCUT2D eigenvalue weighted by molar-refractivity contribution is 0.0581. The zero-order valence-electron chi connectivity index (χ0n) is 15.7. The molecule has 2 aromatic rings. The minimum Gasteiger partial charge on any atom is -0.507 e. The average molecular weight is 366 g/mol. The van der Waals surface area contributed by atoms with Crippen molar-refractivity contribution in [2.75, 3.05) is 26.7 Å². The standard InChI is InChI=1S/C22H26N2O3/c1-27-19-9-10-21(25)20(11-19)22(26)24-14-17-7-8-18(24)15-23(13-17)12-16-5-3-2-4-6-16/h2-6,9-11,17-18,25H,7-8,12-15H2,1H3/t17-,18+/m0/s1. The number of fused-ring (bicyclic) bond motifs is 4. The molecule has 0 spiro atoms. The molecule has 3 saturated heterocycles. The zero-order valence-corrected chi connectivity index (χ0v) is 15.7. The van der Waals surface area contributed by atoms with Gasteiger partial charge in [0.15, 0.2) is 0 Å². The fraction of sp³-hybridized carbons (Fsp3) is 0.409. The molecule has 0 radical (unpaired) electrons. The van der Waals surface area contributed by atoms with Crippen LogP contribution in [0.3, 0.4) is 0 Å². The third-order valence-electron chi connectivity index (χ3n) is 5.73. The van der Waals surface area contributed by atoms with Crippen LogP contribution in [0.25, 0.3) is 0 Å². The highest BCUT2D eigenvalue weighted by Gasteiger charge is 2.38. The number of benzene rings is 2. The third kappa shape index (κ3) is 3.78. The van der Waals surface area contributed by atoms with Gasteiger partial charge >= 0.3 is 0 Å². The number of carbonyl (C=O) groups excluding carboxylic acids is 1. The molecule has 2 bridgehead atoms. The molecule has 142 valence electrons. The number of piperidine rings is 1. The van der Waals surface area contributed by atoms with Gasteiger partial charge in [-0.1, -0.05) is 30.3 Å². The van der Waals surface area contributed by atoms with Gasteiger partial charge in [-0.15, -0.1) is 0 Å². The van der Waals surface area contributed by atoms with E-state index in [4.69, 9.17) is 4.74 Å². The predicted molar refractivity (Wildman–Crippen MR) is 104 cm³/mol. The van der Waals surface area contributed by atoms with Gasteiger partial charge in [0.05, 0.1) is 12.7 Å². The maximum atomic E-state index is 13.2. The minimum absolute atomic E-state index is 0.0158. The van der Waals surface area contributed by atoms with E-state index in [0.717, 1.165) is 39.0 Å². The van der Waals surface area contributed by atoms with E-state index in [0.29, 0.717) is 17.2 Å². The molecule has 5 rings (SSSR count). The molecule has 1 amide bonds. The lowest BCUT2D eigenvalue weighted by Gasteiger charge is -2.36. The largest absolute Gasteiger partial charge is 0.507 e. The molecule has 3 fully saturated rings. The number of methoxy groups -OCH3 is 1. The molecule has 0 aromatic heterocycles. The Morgan fingerprint density at radius 3 is 2.70 bits per heavy atom. The van der Waals surface area contributed by atoms with Crippen LogP contribution in [0.15, 0.2) is 48.5 Å². The maximum Gasteiger partial charge on any atom is 0.258 e. The summed E-state index contributed by atoms with van der Waals surface area (Å²) in [6.07, 6.45) is 2.18. The number of phenolic OH excluding ortho intramolecular Hbond substituents is 1. The number of hydrogen-bond acceptors (Lipinski definition) is 4. The van der Waals surface area contributed by atoms with Gasteiger partial charge in [-0.2, -0.15) is 0 Å². The highest BCUT2D eigenvalue weighted by molar-refractivity contribution is 5.97. The summed E-state index contributed by atoms with van der Waals surface area (Å²) in [6.45, 7) is 3.56. The topological polar surface area (TPSA) is 53.0 Å². The van der Waals surface area contributed by atoms with Crippen LogP contribution in [0.1, 0.15) is 28.8 Å². The number of nitrogens with zero attached hydrogens (tertiary/aromatic N) is 2. The molecule has 27 heavy (non-hydrogen) atoms. The van der Waals surface area contributed by atoms with E-state index in [-0.39, 0.29) is 17.7 Å². The van der Waals surface area contributed by atoms with Gasteiger partial charge in [-0.25, -0.2) is 0 Å². The van der Waals surface area contributed by atoms with Crippen molar-refractivity contribution in [2.24, 2.45) is 5.92 Å². The smallest absolute Gasteiger partial charge is 0.258 e. The highest BCUT2D eigenvalue weighted by atomic mass is 16.5. The second-order valence-corrected chi connectivity index (χ2v) is 7.62. The van der Waals surface area contributed by atoms with Gasteiger partial charge in [0.25, 0.3) is 5.91 Å². The van der Waals surface area contributed by atoms with Crippen molar-refractivity contribution >= 4 is 5.91 Å². The summed E-state index contributed by atoms with van der Waals surface area (Å²) in [5.41, 5.74) is 1.64. The van der Waals surface area contributed by atoms with Crippen molar-refractivity contribution in [1.82, 2.24) is 9.80 Å². The van der Waals surface area contributed by atoms with E-state index in [1.54, 1.807) is 19.2 Å². The normalized spacial score (nSPS) is 22.5. The number of amides is 1. The van der Waals surface area contributed by atoms with E-state index in [9.17, 15) is 9.90 Å². The molecule has 2 atom stereocenters. The van der Waals surface area contributed by atoms with Crippen LogP contribution >= 0.6 is 0 Å². The molecular formula is C22H26N2O3. The maximum absolute atomic E-state index is 13.2. The highest BCUT2D eigenvalue weighted by Crippen LogP contribution is 2.32. The number of hydrogen-bond donors (Lipinski definition) is 1. The molecule has 3 heterocycles. The average Bonchev–Trinajstić information content (AvgIpc) is 2.99. The van der Waals surface area contributed by atoms with Crippen LogP contribution in [0.4, 0.5) is 0 Å². The van der Waals surface area contributed by atoms with Crippen molar-refractivity contribution in [3.05, 3.63) is 59.7 Å². The Labute approximate surface area is 160 Å². The van der Waals surface area contributed by atoms with Gasteiger partial charge in [-0.05, 0) is 42.5 Å². The van der Waals surface area contributed by atoms with Crippen LogP contribution < -0.4 is 4.74 Å². The summed E-state index contributed by atoms with van der Waals surface area (Å²) in [4.78, 5) is 17.6. The predicted octanol–water partition coefficient (Wildman–Crippen LogP) is 3.14. The van der Waals surface area contributed by atoms with Crippen LogP contribution in [0, 0.1) is 5.92 Å². The van der Waals surface area contributed by atoms with E-state index in [1.807, 2.05) is 11.0 Å². The Balaban J connectivity index is 1.53. The first-order valence-corrected chi connectivity index (χ1v) is 9.58. The lowest BCUT2D eigenvalue weighted by atomic mass is 9.94. The SMILES string of the molecule is COc1ccc(O)c(C(=O)N2C[C@H]3CC[C@@H]2CN(Cc2ccccc2)C3)c1. The Morgan fingerprint density at radius 1 is 1.11 bits per heavy atom. The van der Waals surface area contributed by atoms with Gasteiger partial charge in [0, 0.05) is 32.2 Å². The second-order valence-electron chi connectivity index (χ2n) is 7.62. The summed E-state index contributed by atoms with van der Waals surface area (Å²) in [5, 5.41) is 10.2. The van der Waals surface area contributed by atoms with E-state index >= 15 is 0 Å². The summed E-state index contributed by atoms with van der Waals surface area (Å²) in [6, 6.07) is 15.5. The Bertz CT molecular complexity index is 808. The summed E-state index contributed by atoms with van der Waals surface area (Å²) in [5.74, 6) is 0.982. The second kappa shape index (κ2) is 7.61. The molecule has 0 saturated carbocycles. The fourth-order valence-electron chi connectivity index (χ4n) is 4.37. The summed E-state index contributed by atoms with van der Waals surface area (Å²) in [7, 11) is 1.57. The first-order chi connectivity index (χ1) is 13.1. The Kier molecular flexibility index (Phi) is 5.03. The van der Waals surface area contributed by atoms with Gasteiger partial charge in [-0.3, -0.25) is 9.69 Å². The quantitative estimate of drug-likeness (QED) is 0.903. The van der Waals surface area contributed by atoms with Gasteiger partial charge in [0.2, 0.25) is 0 Å². The van der Waals surface area contributed by atoms with Crippen LogP contribution in [-0.2, 0) is 6.54 Å². The first kappa shape index (κ1) is 17.9. The van der Waals surface area contributed by atoms with Crippen molar-refractivity contribution in [3.8, 4) is 11.5 Å². The molecule has 5 heteroatoms. The van der Waals surface area contributed by atoms with E-state index in [2.05, 4.69) is 29.2 Å². The molecule has 0 unspecified atom stereocenters. The first-order valence-electron chi connectivity index (χ1n) is 9.58. The van der Waals surface area contributed by atoms with E-state index < -0.39 is 0 Å². The van der Waals surface area contributed by atoms with Crippen molar-refractivity contribution in [1.29, 1.82) is 0 Å². The van der Waals surface area contributed by atoms with Crippen LogP contribution in [-0.4, -0.2) is 53.6 Å². The lowest BCUT2D eigenvalue weighted by Crippen LogP contribution is -2.47. The van der Waals surface area contributed by atoms with Crippen LogP contribution in [0.5, 0.6) is 11.5 Å². The Morgan fingerprint density at radius 2 is 1.93 bits per heavy atom. The molecule has 0 aliphatic carbocycles. The zero-order chi connectivity index (χ0) is 18.8. The van der Waals surface area contributed by atoms with Crippen molar-refractivity contribution < 1.29 is 14.6 Å². The molecule has 3 aliphatic rings. The number of ether oxygens (including phenoxy) is 1. The monoisotopic (exact) mass is 366 g/mol. The fourth-order valence-corrected chi connectivity index (χ4v) is 4.37. The molecule has 2 aromatic carbocycles. The van der Waals surface area contributed by atoms with Crippen molar-refractivity contribution in [3.63, 3.8) is 0 Å². The third-order valence-corrected chi connectivity index (χ3v) is 5.73. The number of aromatic hydroxyl groups is 1. The minimum atomic E-state index is -0.0948. The number of carbonyl (C=O) groups is 1. The molecular weight excluding hydrogens is 340 g/mol. The van der Waals surface area contributed by atoms with Crippen LogP contribution in [0.2, 0.25) is 0 Å². The van der Waals surface area contributed by atoms with Gasteiger partial charge < -0.3 is 14.7 Å². The summed E-state index contributed by atoms with van der Waals surface area (Å²) >= 11 is 0. The molecule has 3 aliphatic heterocycles. The number of rotatable bonds is 4.